The molecule has 0 aromatic rings. The van der Waals surface area contributed by atoms with Crippen molar-refractivity contribution >= 4 is 6.29 Å². The maximum absolute atomic E-state index is 10.2. The van der Waals surface area contributed by atoms with Crippen molar-refractivity contribution in [2.24, 2.45) is 5.92 Å². The highest BCUT2D eigenvalue weighted by Gasteiger charge is 2.06. The first-order valence-electron chi connectivity index (χ1n) is 2.29. The Balaban J connectivity index is 3.33. The first-order valence-corrected chi connectivity index (χ1v) is 2.29. The van der Waals surface area contributed by atoms with E-state index in [0.717, 1.165) is 0 Å². The van der Waals surface area contributed by atoms with E-state index in [2.05, 4.69) is 0 Å². The summed E-state index contributed by atoms with van der Waals surface area (Å²) in [6.07, 6.45) is -0.593. The van der Waals surface area contributed by atoms with Gasteiger partial charge in [-0.2, -0.15) is 0 Å². The lowest BCUT2D eigenvalue weighted by molar-refractivity contribution is -0.120. The van der Waals surface area contributed by atoms with Crippen LogP contribution in [0.3, 0.4) is 0 Å². The Kier molecular flexibility index (Phi) is 2.60. The molecule has 0 amide bonds. The summed E-state index contributed by atoms with van der Waals surface area (Å²) in [6, 6.07) is 0. The lowest BCUT2D eigenvalue weighted by atomic mass is 10.1. The third-order valence-corrected chi connectivity index (χ3v) is 0.791. The van der Waals surface area contributed by atoms with Crippen LogP contribution in [0.1, 0.15) is 13.8 Å². The predicted molar refractivity (Wildman–Crippen MR) is 25.4 cm³/mol. The maximum Gasteiger partial charge on any atom is 0.152 e. The van der Waals surface area contributed by atoms with Crippen molar-refractivity contribution in [2.45, 2.75) is 20.0 Å². The summed E-state index contributed by atoms with van der Waals surface area (Å²) in [5.74, 6) is -0.0579. The Labute approximate surface area is 43.2 Å². The van der Waals surface area contributed by atoms with Gasteiger partial charge < -0.3 is 4.79 Å². The molecule has 0 saturated carbocycles. The molecule has 0 aliphatic heterocycles. The molecule has 1 atom stereocenters. The molecule has 0 aromatic carbocycles. The standard InChI is InChI=1S/C5H9O2/c1-4(2)5(7)3-6/h3-5H,1-2H3. The number of rotatable bonds is 2. The molecule has 0 bridgehead atoms. The van der Waals surface area contributed by atoms with Crippen molar-refractivity contribution < 1.29 is 9.90 Å². The van der Waals surface area contributed by atoms with Crippen LogP contribution < -0.4 is 0 Å². The molecule has 2 heteroatoms. The van der Waals surface area contributed by atoms with Crippen LogP contribution in [-0.2, 0) is 9.90 Å². The average molecular weight is 101 g/mol. The van der Waals surface area contributed by atoms with Crippen molar-refractivity contribution in [1.29, 1.82) is 0 Å². The molecule has 0 fully saturated rings. The van der Waals surface area contributed by atoms with Gasteiger partial charge in [-0.1, -0.05) is 13.8 Å². The van der Waals surface area contributed by atoms with Crippen molar-refractivity contribution in [2.75, 3.05) is 0 Å². The molecule has 0 rings (SSSR count). The van der Waals surface area contributed by atoms with Crippen molar-refractivity contribution in [3.63, 3.8) is 0 Å². The molecule has 7 heavy (non-hydrogen) atoms. The second kappa shape index (κ2) is 2.75. The van der Waals surface area contributed by atoms with Gasteiger partial charge in [0.05, 0.1) is 0 Å². The molecular formula is C5H9O2. The quantitative estimate of drug-likeness (QED) is 0.470. The highest BCUT2D eigenvalue weighted by molar-refractivity contribution is 5.55. The summed E-state index contributed by atoms with van der Waals surface area (Å²) in [6.45, 7) is 3.46. The van der Waals surface area contributed by atoms with Crippen LogP contribution in [0.5, 0.6) is 0 Å². The maximum atomic E-state index is 10.2. The molecule has 0 heterocycles. The van der Waals surface area contributed by atoms with Crippen LogP contribution in [0.4, 0.5) is 0 Å². The van der Waals surface area contributed by atoms with Gasteiger partial charge in [0.1, 0.15) is 0 Å². The Hall–Kier alpha value is -0.370. The van der Waals surface area contributed by atoms with Crippen LogP contribution in [0.25, 0.3) is 0 Å². The summed E-state index contributed by atoms with van der Waals surface area (Å²) in [4.78, 5) is 9.63. The highest BCUT2D eigenvalue weighted by atomic mass is 16.3. The van der Waals surface area contributed by atoms with Gasteiger partial charge in [-0.25, -0.2) is 5.11 Å². The zero-order valence-electron chi connectivity index (χ0n) is 4.55. The molecule has 0 aliphatic carbocycles. The van der Waals surface area contributed by atoms with Gasteiger partial charge in [0, 0.05) is 0 Å². The van der Waals surface area contributed by atoms with E-state index in [4.69, 9.17) is 0 Å². The van der Waals surface area contributed by atoms with Gasteiger partial charge in [-0.05, 0) is 5.92 Å². The lowest BCUT2D eigenvalue weighted by Gasteiger charge is -2.00. The van der Waals surface area contributed by atoms with Gasteiger partial charge in [-0.15, -0.1) is 0 Å². The summed E-state index contributed by atoms with van der Waals surface area (Å²) in [5.41, 5.74) is 0. The SMILES string of the molecule is CC(C)C([O])C=O. The van der Waals surface area contributed by atoms with Gasteiger partial charge in [0.25, 0.3) is 0 Å². The first-order chi connectivity index (χ1) is 3.18. The van der Waals surface area contributed by atoms with Crippen molar-refractivity contribution in [1.82, 2.24) is 0 Å². The van der Waals surface area contributed by atoms with Gasteiger partial charge in [-0.3, -0.25) is 0 Å². The number of hydrogen-bond donors (Lipinski definition) is 0. The Morgan fingerprint density at radius 2 is 1.86 bits per heavy atom. The summed E-state index contributed by atoms with van der Waals surface area (Å²) >= 11 is 0. The van der Waals surface area contributed by atoms with E-state index >= 15 is 0 Å². The van der Waals surface area contributed by atoms with E-state index in [1.165, 1.54) is 0 Å². The summed E-state index contributed by atoms with van der Waals surface area (Å²) in [5, 5.41) is 10.2. The minimum atomic E-state index is -1.03. The van der Waals surface area contributed by atoms with E-state index in [0.29, 0.717) is 6.29 Å². The van der Waals surface area contributed by atoms with Crippen molar-refractivity contribution in [3.05, 3.63) is 0 Å². The Morgan fingerprint density at radius 1 is 1.43 bits per heavy atom. The normalized spacial score (nSPS) is 14.3. The fraction of sp³-hybridized carbons (Fsp3) is 0.800. The largest absolute Gasteiger partial charge is 0.300 e. The number of hydrogen-bond acceptors (Lipinski definition) is 1. The van der Waals surface area contributed by atoms with E-state index < -0.39 is 6.10 Å². The van der Waals surface area contributed by atoms with Crippen LogP contribution in [0, 0.1) is 5.92 Å². The van der Waals surface area contributed by atoms with E-state index in [-0.39, 0.29) is 5.92 Å². The number of carbonyl (C=O) groups excluding carboxylic acids is 1. The minimum absolute atomic E-state index is 0.0579. The Bertz CT molecular complexity index is 59.1. The molecule has 1 unspecified atom stereocenters. The fourth-order valence-electron chi connectivity index (χ4n) is 0.157. The number of carbonyl (C=O) groups is 1. The van der Waals surface area contributed by atoms with Gasteiger partial charge in [0.15, 0.2) is 12.4 Å². The van der Waals surface area contributed by atoms with Crippen LogP contribution in [0.2, 0.25) is 0 Å². The smallest absolute Gasteiger partial charge is 0.152 e. The molecular weight excluding hydrogens is 92.1 g/mol. The third kappa shape index (κ3) is 2.34. The third-order valence-electron chi connectivity index (χ3n) is 0.791. The van der Waals surface area contributed by atoms with Crippen LogP contribution in [-0.4, -0.2) is 12.4 Å². The molecule has 0 aromatic heterocycles. The average Bonchev–Trinajstić information content (AvgIpc) is 1.65. The second-order valence-electron chi connectivity index (χ2n) is 1.84. The van der Waals surface area contributed by atoms with Crippen LogP contribution >= 0.6 is 0 Å². The minimum Gasteiger partial charge on any atom is -0.300 e. The second-order valence-corrected chi connectivity index (χ2v) is 1.84. The van der Waals surface area contributed by atoms with Gasteiger partial charge >= 0.3 is 0 Å². The first kappa shape index (κ1) is 6.63. The summed E-state index contributed by atoms with van der Waals surface area (Å²) in [7, 11) is 0. The van der Waals surface area contributed by atoms with E-state index in [9.17, 15) is 9.90 Å². The zero-order chi connectivity index (χ0) is 5.86. The molecule has 0 N–H and O–H groups in total. The summed E-state index contributed by atoms with van der Waals surface area (Å²) < 4.78 is 0. The highest BCUT2D eigenvalue weighted by Crippen LogP contribution is 1.96. The molecule has 0 aliphatic rings. The Morgan fingerprint density at radius 3 is 1.86 bits per heavy atom. The van der Waals surface area contributed by atoms with Crippen molar-refractivity contribution in [3.8, 4) is 0 Å². The zero-order valence-corrected chi connectivity index (χ0v) is 4.55. The molecule has 41 valence electrons. The molecule has 1 radical (unpaired) electrons. The lowest BCUT2D eigenvalue weighted by Crippen LogP contribution is -2.13. The predicted octanol–water partition coefficient (Wildman–Crippen LogP) is 0.640. The van der Waals surface area contributed by atoms with Crippen LogP contribution in [0.15, 0.2) is 0 Å². The topological polar surface area (TPSA) is 37.0 Å². The van der Waals surface area contributed by atoms with E-state index in [1.807, 2.05) is 0 Å². The molecule has 2 nitrogen and oxygen atoms in total. The van der Waals surface area contributed by atoms with E-state index in [1.54, 1.807) is 13.8 Å². The molecule has 0 saturated heterocycles. The fourth-order valence-corrected chi connectivity index (χ4v) is 0.157. The molecule has 0 spiro atoms. The number of aldehydes is 1. The van der Waals surface area contributed by atoms with Gasteiger partial charge in [0.2, 0.25) is 0 Å². The monoisotopic (exact) mass is 101 g/mol.